The van der Waals surface area contributed by atoms with Gasteiger partial charge in [0.1, 0.15) is 18.1 Å². The van der Waals surface area contributed by atoms with Crippen molar-refractivity contribution in [2.75, 3.05) is 20.3 Å². The summed E-state index contributed by atoms with van der Waals surface area (Å²) >= 11 is 0. The van der Waals surface area contributed by atoms with Crippen LogP contribution in [0.2, 0.25) is 0 Å². The Bertz CT molecular complexity index is 953. The van der Waals surface area contributed by atoms with Gasteiger partial charge < -0.3 is 19.5 Å². The average Bonchev–Trinajstić information content (AvgIpc) is 3.09. The molecule has 1 aromatic heterocycles. The van der Waals surface area contributed by atoms with E-state index in [1.54, 1.807) is 7.11 Å². The predicted molar refractivity (Wildman–Crippen MR) is 101 cm³/mol. The Balaban J connectivity index is 1.71. The molecule has 1 amide bonds. The highest BCUT2D eigenvalue weighted by molar-refractivity contribution is 5.93. The summed E-state index contributed by atoms with van der Waals surface area (Å²) in [4.78, 5) is 12.1. The van der Waals surface area contributed by atoms with Crippen molar-refractivity contribution in [2.45, 2.75) is 19.1 Å². The number of cyclic esters (lactones) is 1. The Morgan fingerprint density at radius 3 is 3.04 bits per heavy atom. The zero-order valence-electron chi connectivity index (χ0n) is 15.0. The van der Waals surface area contributed by atoms with Crippen LogP contribution in [0, 0.1) is 0 Å². The summed E-state index contributed by atoms with van der Waals surface area (Å²) in [6, 6.07) is 13.5. The number of aromatic nitrogens is 2. The average molecular weight is 367 g/mol. The van der Waals surface area contributed by atoms with Crippen LogP contribution in [-0.4, -0.2) is 42.7 Å². The van der Waals surface area contributed by atoms with E-state index in [1.165, 1.54) is 0 Å². The zero-order chi connectivity index (χ0) is 18.6. The third kappa shape index (κ3) is 3.88. The van der Waals surface area contributed by atoms with Crippen LogP contribution in [0.4, 0.5) is 4.79 Å². The first kappa shape index (κ1) is 17.4. The highest BCUT2D eigenvalue weighted by Gasteiger charge is 2.15. The van der Waals surface area contributed by atoms with Gasteiger partial charge in [0.15, 0.2) is 0 Å². The lowest BCUT2D eigenvalue weighted by Gasteiger charge is -2.18. The highest BCUT2D eigenvalue weighted by Crippen LogP contribution is 2.30. The molecule has 1 aliphatic rings. The Morgan fingerprint density at radius 1 is 1.22 bits per heavy atom. The molecular weight excluding hydrogens is 346 g/mol. The number of rotatable bonds is 2. The van der Waals surface area contributed by atoms with Gasteiger partial charge in [0, 0.05) is 24.5 Å². The summed E-state index contributed by atoms with van der Waals surface area (Å²) in [5.41, 5.74) is 3.63. The number of nitrogens with one attached hydrogen (secondary N) is 2. The molecule has 0 spiro atoms. The van der Waals surface area contributed by atoms with E-state index in [0.717, 1.165) is 33.5 Å². The number of hydrogen-bond donors (Lipinski definition) is 2. The fraction of sp³-hybridized carbons (Fsp3) is 0.300. The molecule has 0 aliphatic carbocycles. The van der Waals surface area contributed by atoms with E-state index in [1.807, 2.05) is 42.5 Å². The first-order chi connectivity index (χ1) is 13.2. The number of amides is 1. The topological polar surface area (TPSA) is 85.5 Å². The van der Waals surface area contributed by atoms with Crippen molar-refractivity contribution >= 4 is 17.0 Å². The molecule has 4 bridgehead atoms. The monoisotopic (exact) mass is 367 g/mol. The molecule has 3 aromatic rings. The second-order valence-corrected chi connectivity index (χ2v) is 6.49. The minimum atomic E-state index is -0.472. The van der Waals surface area contributed by atoms with Crippen LogP contribution in [0.25, 0.3) is 22.2 Å². The van der Waals surface area contributed by atoms with Crippen molar-refractivity contribution in [1.29, 1.82) is 0 Å². The molecule has 0 radical (unpaired) electrons. The van der Waals surface area contributed by atoms with Gasteiger partial charge in [-0.1, -0.05) is 18.2 Å². The van der Waals surface area contributed by atoms with E-state index in [0.29, 0.717) is 19.6 Å². The molecule has 1 atom stereocenters. The Morgan fingerprint density at radius 2 is 2.15 bits per heavy atom. The first-order valence-corrected chi connectivity index (χ1v) is 8.85. The third-order valence-corrected chi connectivity index (χ3v) is 4.53. The first-order valence-electron chi connectivity index (χ1n) is 8.85. The van der Waals surface area contributed by atoms with Crippen molar-refractivity contribution in [2.24, 2.45) is 0 Å². The summed E-state index contributed by atoms with van der Waals surface area (Å²) in [6.07, 6.45) is 0.132. The van der Waals surface area contributed by atoms with Gasteiger partial charge in [0.25, 0.3) is 0 Å². The van der Waals surface area contributed by atoms with Gasteiger partial charge in [0.2, 0.25) is 0 Å². The van der Waals surface area contributed by atoms with Crippen molar-refractivity contribution < 1.29 is 19.0 Å². The highest BCUT2D eigenvalue weighted by atomic mass is 16.5. The molecule has 4 rings (SSSR count). The molecule has 2 heterocycles. The van der Waals surface area contributed by atoms with E-state index in [-0.39, 0.29) is 12.6 Å². The van der Waals surface area contributed by atoms with Crippen molar-refractivity contribution in [3.8, 4) is 17.0 Å². The maximum Gasteiger partial charge on any atom is 0.407 e. The predicted octanol–water partition coefficient (Wildman–Crippen LogP) is 3.25. The van der Waals surface area contributed by atoms with Crippen molar-refractivity contribution in [1.82, 2.24) is 15.5 Å². The largest absolute Gasteiger partial charge is 0.493 e. The molecule has 27 heavy (non-hydrogen) atoms. The number of carbonyl (C=O) groups is 1. The van der Waals surface area contributed by atoms with Crippen molar-refractivity contribution in [3.63, 3.8) is 0 Å². The number of aromatic amines is 1. The second kappa shape index (κ2) is 7.67. The van der Waals surface area contributed by atoms with Crippen LogP contribution in [0.3, 0.4) is 0 Å². The number of fused-ring (bicyclic) bond motifs is 4. The normalized spacial score (nSPS) is 17.5. The number of nitrogens with zero attached hydrogens (tertiary/aromatic N) is 1. The van der Waals surface area contributed by atoms with Gasteiger partial charge in [0.05, 0.1) is 24.8 Å². The summed E-state index contributed by atoms with van der Waals surface area (Å²) in [6.45, 7) is 1.02. The number of alkyl carbamates (subject to hydrolysis) is 1. The lowest BCUT2D eigenvalue weighted by Crippen LogP contribution is -2.39. The minimum absolute atomic E-state index is 0.184. The molecule has 0 saturated heterocycles. The molecule has 2 N–H and O–H groups in total. The van der Waals surface area contributed by atoms with Gasteiger partial charge in [-0.3, -0.25) is 5.10 Å². The molecule has 7 nitrogen and oxygen atoms in total. The number of H-pyrrole nitrogens is 1. The quantitative estimate of drug-likeness (QED) is 0.726. The minimum Gasteiger partial charge on any atom is -0.493 e. The Labute approximate surface area is 156 Å². The molecule has 1 unspecified atom stereocenters. The SMILES string of the molecule is COCC1CCOc2ccc3[nH]nc(c3c2)-c2cccc(c2)COC(=O)N1. The molecule has 0 saturated carbocycles. The smallest absolute Gasteiger partial charge is 0.407 e. The van der Waals surface area contributed by atoms with Crippen LogP contribution >= 0.6 is 0 Å². The van der Waals surface area contributed by atoms with E-state index in [9.17, 15) is 4.79 Å². The standard InChI is InChI=1S/C20H21N3O4/c1-25-12-15-7-8-26-16-5-6-18-17(10-16)19(23-22-18)14-4-2-3-13(9-14)11-27-20(24)21-15/h2-6,9-10,15H,7-8,11-12H2,1H3,(H,21,24)(H,22,23). The summed E-state index contributed by atoms with van der Waals surface area (Å²) in [5, 5.41) is 11.3. The van der Waals surface area contributed by atoms with Gasteiger partial charge >= 0.3 is 6.09 Å². The number of benzene rings is 2. The molecule has 140 valence electrons. The fourth-order valence-corrected chi connectivity index (χ4v) is 3.19. The fourth-order valence-electron chi connectivity index (χ4n) is 3.19. The molecular formula is C20H21N3O4. The maximum atomic E-state index is 12.1. The zero-order valence-corrected chi connectivity index (χ0v) is 15.0. The van der Waals surface area contributed by atoms with Crippen LogP contribution in [0.1, 0.15) is 12.0 Å². The molecule has 1 aliphatic heterocycles. The van der Waals surface area contributed by atoms with Gasteiger partial charge in [-0.2, -0.15) is 5.10 Å². The number of carbonyl (C=O) groups excluding carboxylic acids is 1. The number of ether oxygens (including phenoxy) is 3. The summed E-state index contributed by atoms with van der Waals surface area (Å²) in [7, 11) is 1.60. The van der Waals surface area contributed by atoms with Crippen LogP contribution in [0.15, 0.2) is 42.5 Å². The Kier molecular flexibility index (Phi) is 4.93. The number of hydrogen-bond acceptors (Lipinski definition) is 5. The second-order valence-electron chi connectivity index (χ2n) is 6.49. The summed E-state index contributed by atoms with van der Waals surface area (Å²) in [5.74, 6) is 0.759. The molecule has 0 fully saturated rings. The van der Waals surface area contributed by atoms with Crippen LogP contribution < -0.4 is 10.1 Å². The Hall–Kier alpha value is -3.06. The van der Waals surface area contributed by atoms with E-state index in [4.69, 9.17) is 14.2 Å². The van der Waals surface area contributed by atoms with Gasteiger partial charge in [-0.15, -0.1) is 0 Å². The van der Waals surface area contributed by atoms with Gasteiger partial charge in [-0.25, -0.2) is 4.79 Å². The van der Waals surface area contributed by atoms with Crippen LogP contribution in [0.5, 0.6) is 5.75 Å². The maximum absolute atomic E-state index is 12.1. The number of methoxy groups -OCH3 is 1. The lowest BCUT2D eigenvalue weighted by molar-refractivity contribution is 0.115. The van der Waals surface area contributed by atoms with E-state index < -0.39 is 6.09 Å². The molecule has 2 aromatic carbocycles. The van der Waals surface area contributed by atoms with Gasteiger partial charge in [-0.05, 0) is 29.8 Å². The lowest BCUT2D eigenvalue weighted by atomic mass is 10.1. The van der Waals surface area contributed by atoms with E-state index >= 15 is 0 Å². The van der Waals surface area contributed by atoms with Crippen molar-refractivity contribution in [3.05, 3.63) is 48.0 Å². The summed E-state index contributed by atoms with van der Waals surface area (Å²) < 4.78 is 16.4. The molecule has 7 heteroatoms. The van der Waals surface area contributed by atoms with Crippen LogP contribution in [-0.2, 0) is 16.1 Å². The van der Waals surface area contributed by atoms with E-state index in [2.05, 4.69) is 15.5 Å². The third-order valence-electron chi connectivity index (χ3n) is 4.53.